The van der Waals surface area contributed by atoms with Gasteiger partial charge in [-0.15, -0.1) is 5.10 Å². The molecule has 6 nitrogen and oxygen atoms in total. The summed E-state index contributed by atoms with van der Waals surface area (Å²) in [5.41, 5.74) is 0.684. The summed E-state index contributed by atoms with van der Waals surface area (Å²) in [5.74, 6) is 0.686. The van der Waals surface area contributed by atoms with Crippen LogP contribution in [-0.2, 0) is 13.2 Å². The molecule has 1 aromatic heterocycles. The zero-order valence-corrected chi connectivity index (χ0v) is 9.45. The third kappa shape index (κ3) is 2.45. The van der Waals surface area contributed by atoms with Crippen LogP contribution < -0.4 is 4.74 Å². The van der Waals surface area contributed by atoms with Gasteiger partial charge in [0.05, 0.1) is 6.07 Å². The largest absolute Gasteiger partial charge is 0.487 e. The van der Waals surface area contributed by atoms with Crippen LogP contribution in [0.25, 0.3) is 0 Å². The van der Waals surface area contributed by atoms with Crippen molar-refractivity contribution >= 4 is 0 Å². The molecule has 88 valence electrons. The molecule has 0 radical (unpaired) electrons. The molecule has 0 fully saturated rings. The SMILES string of the molecule is N#CCn1nnc(C#N)c1COc1ccccc1. The van der Waals surface area contributed by atoms with Gasteiger partial charge < -0.3 is 4.74 Å². The van der Waals surface area contributed by atoms with E-state index in [1.165, 1.54) is 4.68 Å². The first-order valence-corrected chi connectivity index (χ1v) is 5.22. The molecule has 0 amide bonds. The van der Waals surface area contributed by atoms with E-state index in [0.717, 1.165) is 0 Å². The lowest BCUT2D eigenvalue weighted by Gasteiger charge is -2.06. The van der Waals surface area contributed by atoms with Gasteiger partial charge >= 0.3 is 0 Å². The zero-order chi connectivity index (χ0) is 12.8. The number of aromatic nitrogens is 3. The summed E-state index contributed by atoms with van der Waals surface area (Å²) >= 11 is 0. The Labute approximate surface area is 104 Å². The van der Waals surface area contributed by atoms with E-state index >= 15 is 0 Å². The van der Waals surface area contributed by atoms with E-state index in [4.69, 9.17) is 15.3 Å². The van der Waals surface area contributed by atoms with Crippen molar-refractivity contribution in [2.45, 2.75) is 13.2 Å². The molecule has 0 bridgehead atoms. The van der Waals surface area contributed by atoms with Gasteiger partial charge in [0.25, 0.3) is 0 Å². The maximum absolute atomic E-state index is 8.89. The minimum atomic E-state index is 0.0438. The van der Waals surface area contributed by atoms with Crippen LogP contribution in [0, 0.1) is 22.7 Å². The lowest BCUT2D eigenvalue weighted by atomic mass is 10.3. The number of hydrogen-bond donors (Lipinski definition) is 0. The second-order valence-corrected chi connectivity index (χ2v) is 3.41. The molecule has 0 unspecified atom stereocenters. The second-order valence-electron chi connectivity index (χ2n) is 3.41. The van der Waals surface area contributed by atoms with Crippen molar-refractivity contribution in [2.24, 2.45) is 0 Å². The van der Waals surface area contributed by atoms with Crippen molar-refractivity contribution in [1.82, 2.24) is 15.0 Å². The van der Waals surface area contributed by atoms with E-state index in [-0.39, 0.29) is 18.8 Å². The molecule has 0 aliphatic rings. The first-order valence-electron chi connectivity index (χ1n) is 5.22. The average Bonchev–Trinajstić information content (AvgIpc) is 2.80. The van der Waals surface area contributed by atoms with Crippen molar-refractivity contribution < 1.29 is 4.74 Å². The fourth-order valence-corrected chi connectivity index (χ4v) is 1.42. The number of ether oxygens (including phenoxy) is 1. The van der Waals surface area contributed by atoms with Crippen LogP contribution >= 0.6 is 0 Å². The lowest BCUT2D eigenvalue weighted by molar-refractivity contribution is 0.293. The van der Waals surface area contributed by atoms with E-state index in [2.05, 4.69) is 10.3 Å². The lowest BCUT2D eigenvalue weighted by Crippen LogP contribution is -2.08. The Morgan fingerprint density at radius 3 is 2.67 bits per heavy atom. The van der Waals surface area contributed by atoms with Gasteiger partial charge in [-0.1, -0.05) is 23.4 Å². The van der Waals surface area contributed by atoms with E-state index in [9.17, 15) is 0 Å². The van der Waals surface area contributed by atoms with Crippen molar-refractivity contribution in [3.8, 4) is 17.9 Å². The molecule has 1 heterocycles. The van der Waals surface area contributed by atoms with Gasteiger partial charge in [-0.25, -0.2) is 4.68 Å². The molecule has 0 saturated heterocycles. The molecule has 0 N–H and O–H groups in total. The Kier molecular flexibility index (Phi) is 3.53. The van der Waals surface area contributed by atoms with Crippen LogP contribution in [-0.4, -0.2) is 15.0 Å². The summed E-state index contributed by atoms with van der Waals surface area (Å²) in [6, 6.07) is 13.1. The predicted octanol–water partition coefficient (Wildman–Crippen LogP) is 1.25. The third-order valence-electron chi connectivity index (χ3n) is 2.28. The number of hydrogen-bond acceptors (Lipinski definition) is 5. The number of para-hydroxylation sites is 1. The van der Waals surface area contributed by atoms with Crippen LogP contribution in [0.2, 0.25) is 0 Å². The van der Waals surface area contributed by atoms with Gasteiger partial charge in [0.2, 0.25) is 0 Å². The maximum atomic E-state index is 8.89. The van der Waals surface area contributed by atoms with E-state index in [1.54, 1.807) is 0 Å². The highest BCUT2D eigenvalue weighted by atomic mass is 16.5. The molecule has 2 aromatic rings. The van der Waals surface area contributed by atoms with Crippen molar-refractivity contribution in [3.63, 3.8) is 0 Å². The van der Waals surface area contributed by atoms with Gasteiger partial charge in [-0.05, 0) is 12.1 Å². The summed E-state index contributed by atoms with van der Waals surface area (Å²) in [4.78, 5) is 0. The Hall–Kier alpha value is -2.86. The minimum absolute atomic E-state index is 0.0438. The van der Waals surface area contributed by atoms with Gasteiger partial charge in [0.1, 0.15) is 30.7 Å². The topological polar surface area (TPSA) is 87.5 Å². The number of rotatable bonds is 4. The molecule has 0 aliphatic heterocycles. The van der Waals surface area contributed by atoms with Crippen LogP contribution in [0.15, 0.2) is 30.3 Å². The molecule has 1 aromatic carbocycles. The van der Waals surface area contributed by atoms with Gasteiger partial charge in [0.15, 0.2) is 5.69 Å². The third-order valence-corrected chi connectivity index (χ3v) is 2.28. The van der Waals surface area contributed by atoms with Gasteiger partial charge in [0, 0.05) is 0 Å². The Morgan fingerprint density at radius 1 is 1.22 bits per heavy atom. The highest BCUT2D eigenvalue weighted by molar-refractivity contribution is 5.26. The standard InChI is InChI=1S/C12H9N5O/c13-6-7-17-12(11(8-14)15-16-17)9-18-10-4-2-1-3-5-10/h1-5H,7,9H2. The van der Waals surface area contributed by atoms with Crippen LogP contribution in [0.4, 0.5) is 0 Å². The van der Waals surface area contributed by atoms with Gasteiger partial charge in [-0.2, -0.15) is 10.5 Å². The molecular formula is C12H9N5O. The summed E-state index contributed by atoms with van der Waals surface area (Å²) in [7, 11) is 0. The molecule has 0 saturated carbocycles. The molecule has 18 heavy (non-hydrogen) atoms. The highest BCUT2D eigenvalue weighted by Crippen LogP contribution is 2.12. The monoisotopic (exact) mass is 239 g/mol. The van der Waals surface area contributed by atoms with E-state index in [0.29, 0.717) is 11.4 Å². The molecular weight excluding hydrogens is 230 g/mol. The van der Waals surface area contributed by atoms with E-state index < -0.39 is 0 Å². The molecule has 0 atom stereocenters. The summed E-state index contributed by atoms with van der Waals surface area (Å²) in [6.45, 7) is 0.198. The summed E-state index contributed by atoms with van der Waals surface area (Å²) < 4.78 is 6.88. The second kappa shape index (κ2) is 5.46. The summed E-state index contributed by atoms with van der Waals surface area (Å²) in [5, 5.41) is 25.0. The minimum Gasteiger partial charge on any atom is -0.487 e. The maximum Gasteiger partial charge on any atom is 0.189 e. The molecule has 6 heteroatoms. The fourth-order valence-electron chi connectivity index (χ4n) is 1.42. The average molecular weight is 239 g/mol. The first-order chi connectivity index (χ1) is 8.85. The quantitative estimate of drug-likeness (QED) is 0.801. The van der Waals surface area contributed by atoms with Crippen LogP contribution in [0.5, 0.6) is 5.75 Å². The number of nitrogens with zero attached hydrogens (tertiary/aromatic N) is 5. The first kappa shape index (κ1) is 11.6. The zero-order valence-electron chi connectivity index (χ0n) is 9.45. The van der Waals surface area contributed by atoms with E-state index in [1.807, 2.05) is 42.5 Å². The highest BCUT2D eigenvalue weighted by Gasteiger charge is 2.12. The van der Waals surface area contributed by atoms with Crippen LogP contribution in [0.1, 0.15) is 11.4 Å². The van der Waals surface area contributed by atoms with Crippen molar-refractivity contribution in [1.29, 1.82) is 10.5 Å². The van der Waals surface area contributed by atoms with Crippen LogP contribution in [0.3, 0.4) is 0 Å². The summed E-state index contributed by atoms with van der Waals surface area (Å²) in [6.07, 6.45) is 0. The van der Waals surface area contributed by atoms with Gasteiger partial charge in [-0.3, -0.25) is 0 Å². The normalized spacial score (nSPS) is 9.44. The number of nitriles is 2. The predicted molar refractivity (Wildman–Crippen MR) is 61.1 cm³/mol. The fraction of sp³-hybridized carbons (Fsp3) is 0.167. The molecule has 0 spiro atoms. The molecule has 0 aliphatic carbocycles. The molecule has 2 rings (SSSR count). The smallest absolute Gasteiger partial charge is 0.189 e. The van der Waals surface area contributed by atoms with Crippen molar-refractivity contribution in [2.75, 3.05) is 0 Å². The Balaban J connectivity index is 2.16. The number of benzene rings is 1. The Bertz CT molecular complexity index is 606. The Morgan fingerprint density at radius 2 is 2.00 bits per heavy atom. The van der Waals surface area contributed by atoms with Crippen molar-refractivity contribution in [3.05, 3.63) is 41.7 Å².